The van der Waals surface area contributed by atoms with Crippen molar-refractivity contribution < 1.29 is 0 Å². The molecule has 0 spiro atoms. The van der Waals surface area contributed by atoms with Gasteiger partial charge in [0.05, 0.1) is 11.0 Å². The minimum absolute atomic E-state index is 1.10. The third-order valence-corrected chi connectivity index (χ3v) is 11.3. The molecular formula is C54H36N2. The normalized spacial score (nSPS) is 11.6. The van der Waals surface area contributed by atoms with Crippen molar-refractivity contribution >= 4 is 71.2 Å². The van der Waals surface area contributed by atoms with Crippen molar-refractivity contribution in [2.24, 2.45) is 0 Å². The first-order chi connectivity index (χ1) is 27.8. The fraction of sp³-hybridized carbons (Fsp3) is 0. The van der Waals surface area contributed by atoms with E-state index < -0.39 is 0 Å². The highest BCUT2D eigenvalue weighted by Crippen LogP contribution is 2.42. The van der Waals surface area contributed by atoms with Crippen molar-refractivity contribution in [1.29, 1.82) is 0 Å². The van der Waals surface area contributed by atoms with Crippen LogP contribution < -0.4 is 4.90 Å². The van der Waals surface area contributed by atoms with Crippen LogP contribution in [0.1, 0.15) is 0 Å². The number of aromatic nitrogens is 1. The standard InChI is InChI=1S/C54H36N2/c1-2-14-37(15-3-1)39-16-12-18-42(34-39)55(44-32-33-49-47-22-5-4-20-45(47)46-21-6-7-23-48(46)52(49)36-44)41-30-28-38(29-31-41)40-17-13-19-43(35-40)56-53-26-10-8-24-50(53)51-25-9-11-27-54(51)56/h1-36H. The van der Waals surface area contributed by atoms with E-state index >= 15 is 0 Å². The molecule has 11 aromatic rings. The van der Waals surface area contributed by atoms with E-state index in [1.54, 1.807) is 0 Å². The largest absolute Gasteiger partial charge is 0.310 e. The van der Waals surface area contributed by atoms with Crippen molar-refractivity contribution in [2.45, 2.75) is 0 Å². The fourth-order valence-corrected chi connectivity index (χ4v) is 8.77. The van der Waals surface area contributed by atoms with Gasteiger partial charge in [-0.1, -0.05) is 158 Å². The smallest absolute Gasteiger partial charge is 0.0541 e. The molecule has 0 atom stereocenters. The van der Waals surface area contributed by atoms with E-state index in [4.69, 9.17) is 0 Å². The Hall–Kier alpha value is -7.42. The van der Waals surface area contributed by atoms with Gasteiger partial charge in [-0.3, -0.25) is 0 Å². The summed E-state index contributed by atoms with van der Waals surface area (Å²) in [5, 5.41) is 10.1. The Labute approximate surface area is 325 Å². The Bertz CT molecular complexity index is 3160. The van der Waals surface area contributed by atoms with Crippen LogP contribution >= 0.6 is 0 Å². The highest BCUT2D eigenvalue weighted by Gasteiger charge is 2.17. The average molecular weight is 713 g/mol. The number of fused-ring (bicyclic) bond motifs is 9. The van der Waals surface area contributed by atoms with Gasteiger partial charge in [0.1, 0.15) is 0 Å². The molecule has 11 rings (SSSR count). The van der Waals surface area contributed by atoms with Gasteiger partial charge in [0, 0.05) is 33.5 Å². The van der Waals surface area contributed by atoms with Gasteiger partial charge in [0.2, 0.25) is 0 Å². The summed E-state index contributed by atoms with van der Waals surface area (Å²) in [7, 11) is 0. The number of para-hydroxylation sites is 2. The fourth-order valence-electron chi connectivity index (χ4n) is 8.77. The lowest BCUT2D eigenvalue weighted by molar-refractivity contribution is 1.18. The molecule has 2 heteroatoms. The van der Waals surface area contributed by atoms with Crippen molar-refractivity contribution in [3.63, 3.8) is 0 Å². The second-order valence-corrected chi connectivity index (χ2v) is 14.5. The SMILES string of the molecule is c1ccc(-c2cccc(N(c3ccc(-c4cccc(-n5c6ccccc6c6ccccc65)c4)cc3)c3ccc4c5ccccc5c5ccccc5c4c3)c2)cc1. The summed E-state index contributed by atoms with van der Waals surface area (Å²) >= 11 is 0. The number of hydrogen-bond acceptors (Lipinski definition) is 1. The van der Waals surface area contributed by atoms with Crippen LogP contribution in [-0.2, 0) is 0 Å². The molecular weight excluding hydrogens is 677 g/mol. The molecule has 0 N–H and O–H groups in total. The molecule has 2 nitrogen and oxygen atoms in total. The Morgan fingerprint density at radius 3 is 1.34 bits per heavy atom. The molecule has 0 amide bonds. The van der Waals surface area contributed by atoms with Gasteiger partial charge in [-0.15, -0.1) is 0 Å². The van der Waals surface area contributed by atoms with Crippen molar-refractivity contribution in [2.75, 3.05) is 4.90 Å². The predicted octanol–water partition coefficient (Wildman–Crippen LogP) is 15.0. The summed E-state index contributed by atoms with van der Waals surface area (Å²) in [6, 6.07) is 79.4. The van der Waals surface area contributed by atoms with Gasteiger partial charge >= 0.3 is 0 Å². The van der Waals surface area contributed by atoms with Crippen molar-refractivity contribution in [3.8, 4) is 27.9 Å². The van der Waals surface area contributed by atoms with Crippen LogP contribution in [0.25, 0.3) is 82.1 Å². The Balaban J connectivity index is 1.05. The van der Waals surface area contributed by atoms with E-state index in [0.717, 1.165) is 22.7 Å². The number of benzene rings is 10. The molecule has 0 unspecified atom stereocenters. The second-order valence-electron chi connectivity index (χ2n) is 14.5. The van der Waals surface area contributed by atoms with Crippen LogP contribution in [-0.4, -0.2) is 4.57 Å². The third-order valence-electron chi connectivity index (χ3n) is 11.3. The van der Waals surface area contributed by atoms with Crippen molar-refractivity contribution in [1.82, 2.24) is 4.57 Å². The number of rotatable bonds is 6. The van der Waals surface area contributed by atoms with Gasteiger partial charge in [0.25, 0.3) is 0 Å². The first-order valence-corrected chi connectivity index (χ1v) is 19.3. The molecule has 0 saturated heterocycles. The van der Waals surface area contributed by atoms with Crippen LogP contribution in [0.15, 0.2) is 218 Å². The minimum Gasteiger partial charge on any atom is -0.310 e. The Morgan fingerprint density at radius 2 is 0.696 bits per heavy atom. The van der Waals surface area contributed by atoms with E-state index in [1.807, 2.05) is 0 Å². The van der Waals surface area contributed by atoms with Gasteiger partial charge in [-0.05, 0) is 115 Å². The molecule has 1 aromatic heterocycles. The first kappa shape index (κ1) is 32.0. The van der Waals surface area contributed by atoms with E-state index in [1.165, 1.54) is 76.4 Å². The molecule has 262 valence electrons. The monoisotopic (exact) mass is 712 g/mol. The summed E-state index contributed by atoms with van der Waals surface area (Å²) in [5.41, 5.74) is 11.6. The summed E-state index contributed by atoms with van der Waals surface area (Å²) in [6.45, 7) is 0. The average Bonchev–Trinajstić information content (AvgIpc) is 3.62. The maximum atomic E-state index is 2.40. The molecule has 0 bridgehead atoms. The van der Waals surface area contributed by atoms with E-state index in [2.05, 4.69) is 228 Å². The van der Waals surface area contributed by atoms with Crippen LogP contribution in [0.3, 0.4) is 0 Å². The van der Waals surface area contributed by atoms with Gasteiger partial charge in [-0.25, -0.2) is 0 Å². The predicted molar refractivity (Wildman–Crippen MR) is 239 cm³/mol. The maximum absolute atomic E-state index is 2.40. The van der Waals surface area contributed by atoms with Crippen LogP contribution in [0.5, 0.6) is 0 Å². The zero-order valence-corrected chi connectivity index (χ0v) is 30.7. The molecule has 0 aliphatic carbocycles. The second kappa shape index (κ2) is 13.2. The maximum Gasteiger partial charge on any atom is 0.0541 e. The summed E-state index contributed by atoms with van der Waals surface area (Å²) in [4.78, 5) is 2.40. The Morgan fingerprint density at radius 1 is 0.250 bits per heavy atom. The molecule has 56 heavy (non-hydrogen) atoms. The van der Waals surface area contributed by atoms with Crippen LogP contribution in [0.4, 0.5) is 17.1 Å². The summed E-state index contributed by atoms with van der Waals surface area (Å²) in [5.74, 6) is 0. The highest BCUT2D eigenvalue weighted by atomic mass is 15.1. The molecule has 0 radical (unpaired) electrons. The van der Waals surface area contributed by atoms with E-state index in [9.17, 15) is 0 Å². The molecule has 10 aromatic carbocycles. The lowest BCUT2D eigenvalue weighted by Gasteiger charge is -2.27. The van der Waals surface area contributed by atoms with Crippen LogP contribution in [0, 0.1) is 0 Å². The Kier molecular flexibility index (Phi) is 7.53. The van der Waals surface area contributed by atoms with Gasteiger partial charge < -0.3 is 9.47 Å². The van der Waals surface area contributed by atoms with Gasteiger partial charge in [-0.2, -0.15) is 0 Å². The van der Waals surface area contributed by atoms with Crippen molar-refractivity contribution in [3.05, 3.63) is 218 Å². The zero-order chi connectivity index (χ0) is 37.0. The number of nitrogens with zero attached hydrogens (tertiary/aromatic N) is 2. The topological polar surface area (TPSA) is 8.17 Å². The molecule has 0 fully saturated rings. The lowest BCUT2D eigenvalue weighted by Crippen LogP contribution is -2.10. The molecule has 1 heterocycles. The first-order valence-electron chi connectivity index (χ1n) is 19.3. The number of hydrogen-bond donors (Lipinski definition) is 0. The lowest BCUT2D eigenvalue weighted by atomic mass is 9.94. The zero-order valence-electron chi connectivity index (χ0n) is 30.7. The molecule has 0 saturated carbocycles. The molecule has 0 aliphatic rings. The third kappa shape index (κ3) is 5.26. The quantitative estimate of drug-likeness (QED) is 0.156. The van der Waals surface area contributed by atoms with Crippen LogP contribution in [0.2, 0.25) is 0 Å². The minimum atomic E-state index is 1.10. The summed E-state index contributed by atoms with van der Waals surface area (Å²) < 4.78 is 2.39. The van der Waals surface area contributed by atoms with Gasteiger partial charge in [0.15, 0.2) is 0 Å². The number of anilines is 3. The van der Waals surface area contributed by atoms with E-state index in [-0.39, 0.29) is 0 Å². The van der Waals surface area contributed by atoms with E-state index in [0.29, 0.717) is 0 Å². The summed E-state index contributed by atoms with van der Waals surface area (Å²) in [6.07, 6.45) is 0. The highest BCUT2D eigenvalue weighted by molar-refractivity contribution is 6.25. The molecule has 0 aliphatic heterocycles.